The molecule has 2 aromatic carbocycles. The van der Waals surface area contributed by atoms with Gasteiger partial charge in [0, 0.05) is 30.3 Å². The van der Waals surface area contributed by atoms with E-state index in [1.165, 1.54) is 0 Å². The van der Waals surface area contributed by atoms with Crippen LogP contribution in [0.2, 0.25) is 0 Å². The van der Waals surface area contributed by atoms with E-state index >= 15 is 0 Å². The van der Waals surface area contributed by atoms with Gasteiger partial charge >= 0.3 is 0 Å². The summed E-state index contributed by atoms with van der Waals surface area (Å²) in [7, 11) is 1.61. The summed E-state index contributed by atoms with van der Waals surface area (Å²) >= 11 is 0. The molecule has 0 aliphatic carbocycles. The highest BCUT2D eigenvalue weighted by atomic mass is 16.5. The average molecular weight is 438 g/mol. The molecule has 2 N–H and O–H groups in total. The number of aryl methyl sites for hydroxylation is 1. The van der Waals surface area contributed by atoms with E-state index in [1.807, 2.05) is 37.3 Å². The fourth-order valence-corrected chi connectivity index (χ4v) is 4.14. The largest absolute Gasteiger partial charge is 0.496 e. The molecule has 0 spiro atoms. The number of likely N-dealkylation sites (tertiary alicyclic amines) is 1. The smallest absolute Gasteiger partial charge is 0.251 e. The van der Waals surface area contributed by atoms with E-state index in [0.717, 1.165) is 42.8 Å². The number of nitrogens with zero attached hydrogens (tertiary/aromatic N) is 1. The summed E-state index contributed by atoms with van der Waals surface area (Å²) in [5.41, 5.74) is 3.01. The summed E-state index contributed by atoms with van der Waals surface area (Å²) in [4.78, 5) is 27.6. The Balaban J connectivity index is 1.50. The lowest BCUT2D eigenvalue weighted by molar-refractivity contribution is 0.0928. The minimum atomic E-state index is -0.154. The van der Waals surface area contributed by atoms with Crippen molar-refractivity contribution in [1.82, 2.24) is 15.5 Å². The maximum absolute atomic E-state index is 12.6. The maximum atomic E-state index is 12.6. The first-order valence-corrected chi connectivity index (χ1v) is 11.4. The predicted octanol–water partition coefficient (Wildman–Crippen LogP) is 3.78. The third-order valence-corrected chi connectivity index (χ3v) is 6.23. The van der Waals surface area contributed by atoms with Crippen LogP contribution in [0.3, 0.4) is 0 Å². The van der Waals surface area contributed by atoms with Crippen LogP contribution >= 0.6 is 0 Å². The fraction of sp³-hybridized carbons (Fsp3) is 0.462. The van der Waals surface area contributed by atoms with Crippen molar-refractivity contribution in [2.24, 2.45) is 5.92 Å². The van der Waals surface area contributed by atoms with Gasteiger partial charge in [-0.25, -0.2) is 0 Å². The number of ether oxygens (including phenoxy) is 1. The van der Waals surface area contributed by atoms with Crippen molar-refractivity contribution in [3.05, 3.63) is 64.7 Å². The van der Waals surface area contributed by atoms with Crippen LogP contribution < -0.4 is 15.4 Å². The lowest BCUT2D eigenvalue weighted by atomic mass is 9.96. The minimum Gasteiger partial charge on any atom is -0.496 e. The summed E-state index contributed by atoms with van der Waals surface area (Å²) in [5.74, 6) is 1.07. The Morgan fingerprint density at radius 2 is 1.72 bits per heavy atom. The molecule has 1 aliphatic rings. The van der Waals surface area contributed by atoms with Gasteiger partial charge in [-0.3, -0.25) is 9.59 Å². The zero-order chi connectivity index (χ0) is 23.1. The van der Waals surface area contributed by atoms with E-state index < -0.39 is 0 Å². The molecule has 0 aromatic heterocycles. The SMILES string of the molecule is COc1ccc(C(=O)NCc2cccc(C(=O)NCC3CCN(C(C)C)CC3)c2)cc1C. The van der Waals surface area contributed by atoms with Gasteiger partial charge < -0.3 is 20.3 Å². The van der Waals surface area contributed by atoms with E-state index in [9.17, 15) is 9.59 Å². The second kappa shape index (κ2) is 11.1. The number of carbonyl (C=O) groups excluding carboxylic acids is 2. The Morgan fingerprint density at radius 1 is 1.03 bits per heavy atom. The van der Waals surface area contributed by atoms with Gasteiger partial charge in [0.2, 0.25) is 0 Å². The molecular weight excluding hydrogens is 402 g/mol. The first-order chi connectivity index (χ1) is 15.4. The summed E-state index contributed by atoms with van der Waals surface area (Å²) in [6, 6.07) is 13.4. The lowest BCUT2D eigenvalue weighted by Gasteiger charge is -2.34. The number of carbonyl (C=O) groups is 2. The van der Waals surface area contributed by atoms with Crippen LogP contribution in [0.5, 0.6) is 5.75 Å². The molecule has 2 amide bonds. The molecule has 1 aliphatic heterocycles. The van der Waals surface area contributed by atoms with Crippen molar-refractivity contribution < 1.29 is 14.3 Å². The van der Waals surface area contributed by atoms with Gasteiger partial charge in [-0.15, -0.1) is 0 Å². The van der Waals surface area contributed by atoms with Gasteiger partial charge in [-0.05, 0) is 94.1 Å². The summed E-state index contributed by atoms with van der Waals surface area (Å²) < 4.78 is 5.25. The zero-order valence-electron chi connectivity index (χ0n) is 19.6. The highest BCUT2D eigenvalue weighted by Crippen LogP contribution is 2.19. The van der Waals surface area contributed by atoms with E-state index in [2.05, 4.69) is 29.4 Å². The molecule has 32 heavy (non-hydrogen) atoms. The van der Waals surface area contributed by atoms with E-state index in [4.69, 9.17) is 4.74 Å². The zero-order valence-corrected chi connectivity index (χ0v) is 19.6. The Labute approximate surface area is 191 Å². The van der Waals surface area contributed by atoms with Crippen molar-refractivity contribution in [2.45, 2.75) is 46.2 Å². The maximum Gasteiger partial charge on any atom is 0.251 e. The van der Waals surface area contributed by atoms with E-state index in [-0.39, 0.29) is 11.8 Å². The van der Waals surface area contributed by atoms with Gasteiger partial charge in [-0.2, -0.15) is 0 Å². The molecule has 0 saturated carbocycles. The number of hydrogen-bond acceptors (Lipinski definition) is 4. The Hall–Kier alpha value is -2.86. The van der Waals surface area contributed by atoms with Crippen molar-refractivity contribution in [1.29, 1.82) is 0 Å². The Kier molecular flexibility index (Phi) is 8.28. The molecule has 6 nitrogen and oxygen atoms in total. The molecule has 2 aromatic rings. The quantitative estimate of drug-likeness (QED) is 0.659. The molecule has 3 rings (SSSR count). The minimum absolute atomic E-state index is 0.0600. The molecule has 0 radical (unpaired) electrons. The van der Waals surface area contributed by atoms with Gasteiger partial charge in [0.25, 0.3) is 11.8 Å². The predicted molar refractivity (Wildman–Crippen MR) is 127 cm³/mol. The lowest BCUT2D eigenvalue weighted by Crippen LogP contribution is -2.41. The molecule has 6 heteroatoms. The van der Waals surface area contributed by atoms with Gasteiger partial charge in [0.15, 0.2) is 0 Å². The third-order valence-electron chi connectivity index (χ3n) is 6.23. The van der Waals surface area contributed by atoms with Crippen LogP contribution in [0, 0.1) is 12.8 Å². The first kappa shape index (κ1) is 23.8. The average Bonchev–Trinajstić information content (AvgIpc) is 2.81. The Morgan fingerprint density at radius 3 is 2.38 bits per heavy atom. The normalized spacial score (nSPS) is 14.9. The van der Waals surface area contributed by atoms with Crippen molar-refractivity contribution in [3.63, 3.8) is 0 Å². The summed E-state index contributed by atoms with van der Waals surface area (Å²) in [6.45, 7) is 9.64. The van der Waals surface area contributed by atoms with Crippen LogP contribution in [-0.2, 0) is 6.54 Å². The number of piperidine rings is 1. The topological polar surface area (TPSA) is 70.7 Å². The van der Waals surface area contributed by atoms with Crippen LogP contribution in [0.4, 0.5) is 0 Å². The number of amides is 2. The third kappa shape index (κ3) is 6.33. The number of rotatable bonds is 8. The fourth-order valence-electron chi connectivity index (χ4n) is 4.14. The summed E-state index contributed by atoms with van der Waals surface area (Å²) in [6.07, 6.45) is 2.24. The molecule has 0 unspecified atom stereocenters. The van der Waals surface area contributed by atoms with Crippen LogP contribution in [-0.4, -0.2) is 49.5 Å². The van der Waals surface area contributed by atoms with Crippen molar-refractivity contribution >= 4 is 11.8 Å². The van der Waals surface area contributed by atoms with E-state index in [0.29, 0.717) is 36.2 Å². The first-order valence-electron chi connectivity index (χ1n) is 11.4. The second-order valence-electron chi connectivity index (χ2n) is 8.85. The molecule has 1 saturated heterocycles. The molecule has 1 fully saturated rings. The van der Waals surface area contributed by atoms with Crippen LogP contribution in [0.15, 0.2) is 42.5 Å². The number of hydrogen-bond donors (Lipinski definition) is 2. The number of nitrogens with one attached hydrogen (secondary N) is 2. The highest BCUT2D eigenvalue weighted by Gasteiger charge is 2.21. The van der Waals surface area contributed by atoms with Gasteiger partial charge in [0.1, 0.15) is 5.75 Å². The monoisotopic (exact) mass is 437 g/mol. The molecule has 0 bridgehead atoms. The van der Waals surface area contributed by atoms with Crippen molar-refractivity contribution in [3.8, 4) is 5.75 Å². The van der Waals surface area contributed by atoms with Gasteiger partial charge in [-0.1, -0.05) is 12.1 Å². The summed E-state index contributed by atoms with van der Waals surface area (Å²) in [5, 5.41) is 6.02. The second-order valence-corrected chi connectivity index (χ2v) is 8.85. The Bertz CT molecular complexity index is 934. The number of benzene rings is 2. The molecule has 172 valence electrons. The molecular formula is C26H35N3O3. The van der Waals surface area contributed by atoms with E-state index in [1.54, 1.807) is 19.2 Å². The standard InChI is InChI=1S/C26H35N3O3/c1-18(2)29-12-10-20(11-13-29)16-27-25(30)22-7-5-6-21(15-22)17-28-26(31)23-8-9-24(32-4)19(3)14-23/h5-9,14-15,18,20H,10-13,16-17H2,1-4H3,(H,27,30)(H,28,31). The number of methoxy groups -OCH3 is 1. The van der Waals surface area contributed by atoms with Crippen LogP contribution in [0.25, 0.3) is 0 Å². The molecule has 0 atom stereocenters. The van der Waals surface area contributed by atoms with Crippen molar-refractivity contribution in [2.75, 3.05) is 26.7 Å². The highest BCUT2D eigenvalue weighted by molar-refractivity contribution is 5.95. The van der Waals surface area contributed by atoms with Crippen LogP contribution in [0.1, 0.15) is 58.5 Å². The molecule has 1 heterocycles. The van der Waals surface area contributed by atoms with Gasteiger partial charge in [0.05, 0.1) is 7.11 Å².